The minimum absolute atomic E-state index is 0.0805. The lowest BCUT2D eigenvalue weighted by Gasteiger charge is -2.03. The van der Waals surface area contributed by atoms with Gasteiger partial charge in [0, 0.05) is 25.6 Å². The van der Waals surface area contributed by atoms with E-state index in [1.807, 2.05) is 6.92 Å². The van der Waals surface area contributed by atoms with Gasteiger partial charge in [0.1, 0.15) is 4.90 Å². The molecule has 9 heteroatoms. The first-order chi connectivity index (χ1) is 10.4. The van der Waals surface area contributed by atoms with Crippen molar-refractivity contribution in [2.75, 3.05) is 0 Å². The van der Waals surface area contributed by atoms with E-state index in [0.717, 1.165) is 10.5 Å². The molecule has 0 heterocycles. The minimum atomic E-state index is -3.82. The first kappa shape index (κ1) is 21.2. The molecule has 0 saturated carbocycles. The second kappa shape index (κ2) is 8.52. The Bertz CT molecular complexity index is 785. The van der Waals surface area contributed by atoms with Gasteiger partial charge in [-0.1, -0.05) is 46.4 Å². The summed E-state index contributed by atoms with van der Waals surface area (Å²) in [7, 11) is 1.30. The number of benzene rings is 2. The van der Waals surface area contributed by atoms with Crippen molar-refractivity contribution < 1.29 is 8.42 Å². The molecule has 2 aromatic carbocycles. The van der Waals surface area contributed by atoms with Gasteiger partial charge in [-0.15, -0.1) is 12.6 Å². The van der Waals surface area contributed by atoms with Gasteiger partial charge in [0.15, 0.2) is 0 Å². The van der Waals surface area contributed by atoms with E-state index in [0.29, 0.717) is 20.6 Å². The van der Waals surface area contributed by atoms with Crippen molar-refractivity contribution in [2.24, 2.45) is 0 Å². The molecule has 0 spiro atoms. The number of thiol groups is 1. The Balaban J connectivity index is 0.000000238. The zero-order valence-electron chi connectivity index (χ0n) is 11.9. The Morgan fingerprint density at radius 1 is 0.783 bits per heavy atom. The third-order valence-electron chi connectivity index (χ3n) is 2.70. The lowest BCUT2D eigenvalue weighted by atomic mass is 10.2. The van der Waals surface area contributed by atoms with Crippen molar-refractivity contribution in [3.8, 4) is 0 Å². The Morgan fingerprint density at radius 3 is 1.65 bits per heavy atom. The van der Waals surface area contributed by atoms with Crippen LogP contribution in [-0.4, -0.2) is 8.42 Å². The molecule has 0 unspecified atom stereocenters. The standard InChI is InChI=1S/C7H5Cl3O2S.C7H6Cl2S/c1-4-2-6(9)7(3-5(4)8)13(10,11)12;1-4-2-6(9)7(10)3-5(4)8/h2-3H,1H3;2-3,10H,1H3. The zero-order valence-corrected chi connectivity index (χ0v) is 17.4. The van der Waals surface area contributed by atoms with Crippen molar-refractivity contribution in [1.29, 1.82) is 0 Å². The van der Waals surface area contributed by atoms with Crippen LogP contribution in [0.4, 0.5) is 0 Å². The molecule has 0 aliphatic heterocycles. The number of aryl methyl sites for hydroxylation is 2. The Hall–Kier alpha value is 0.190. The molecule has 2 nitrogen and oxygen atoms in total. The van der Waals surface area contributed by atoms with Gasteiger partial charge in [0.2, 0.25) is 0 Å². The van der Waals surface area contributed by atoms with Crippen LogP contribution in [0, 0.1) is 13.8 Å². The zero-order chi connectivity index (χ0) is 17.9. The molecular formula is C14H11Cl5O2S2. The number of hydrogen-bond donors (Lipinski definition) is 1. The van der Waals surface area contributed by atoms with Gasteiger partial charge in [0.05, 0.1) is 10.0 Å². The van der Waals surface area contributed by atoms with E-state index >= 15 is 0 Å². The average Bonchev–Trinajstić information content (AvgIpc) is 2.40. The molecule has 0 aliphatic rings. The average molecular weight is 453 g/mol. The normalized spacial score (nSPS) is 11.0. The molecule has 23 heavy (non-hydrogen) atoms. The van der Waals surface area contributed by atoms with Crippen LogP contribution in [0.2, 0.25) is 20.1 Å². The molecule has 0 amide bonds. The number of rotatable bonds is 1. The fraction of sp³-hybridized carbons (Fsp3) is 0.143. The molecule has 0 aliphatic carbocycles. The Morgan fingerprint density at radius 2 is 1.22 bits per heavy atom. The molecule has 0 aromatic heterocycles. The summed E-state index contributed by atoms with van der Waals surface area (Å²) in [6.45, 7) is 3.63. The third kappa shape index (κ3) is 6.20. The maximum atomic E-state index is 10.9. The molecular weight excluding hydrogens is 442 g/mol. The van der Waals surface area contributed by atoms with E-state index in [4.69, 9.17) is 57.1 Å². The molecule has 126 valence electrons. The second-order valence-corrected chi connectivity index (χ2v) is 9.17. The van der Waals surface area contributed by atoms with Crippen molar-refractivity contribution in [1.82, 2.24) is 0 Å². The lowest BCUT2D eigenvalue weighted by molar-refractivity contribution is 0.609. The summed E-state index contributed by atoms with van der Waals surface area (Å²) in [5.74, 6) is 0. The predicted octanol–water partition coefficient (Wildman–Crippen LogP) is 6.82. The van der Waals surface area contributed by atoms with Crippen LogP contribution in [0.1, 0.15) is 11.1 Å². The summed E-state index contributed by atoms with van der Waals surface area (Å²) in [5, 5.41) is 1.75. The quantitative estimate of drug-likeness (QED) is 0.380. The summed E-state index contributed by atoms with van der Waals surface area (Å²) in [6.07, 6.45) is 0. The third-order valence-corrected chi connectivity index (χ3v) is 6.12. The fourth-order valence-electron chi connectivity index (χ4n) is 1.45. The summed E-state index contributed by atoms with van der Waals surface area (Å²) in [6, 6.07) is 6.23. The Kier molecular flexibility index (Phi) is 7.87. The van der Waals surface area contributed by atoms with Gasteiger partial charge in [0.25, 0.3) is 9.05 Å². The highest BCUT2D eigenvalue weighted by Gasteiger charge is 2.16. The highest BCUT2D eigenvalue weighted by molar-refractivity contribution is 8.13. The Labute approximate surface area is 165 Å². The van der Waals surface area contributed by atoms with Crippen LogP contribution in [0.5, 0.6) is 0 Å². The van der Waals surface area contributed by atoms with Crippen molar-refractivity contribution >= 4 is 78.8 Å². The molecule has 0 atom stereocenters. The molecule has 0 fully saturated rings. The summed E-state index contributed by atoms with van der Waals surface area (Å²) < 4.78 is 21.9. The van der Waals surface area contributed by atoms with Crippen LogP contribution in [-0.2, 0) is 9.05 Å². The predicted molar refractivity (Wildman–Crippen MR) is 103 cm³/mol. The monoisotopic (exact) mass is 450 g/mol. The molecule has 0 saturated heterocycles. The van der Waals surface area contributed by atoms with E-state index in [1.54, 1.807) is 19.1 Å². The number of halogens is 5. The van der Waals surface area contributed by atoms with Crippen LogP contribution in [0.3, 0.4) is 0 Å². The van der Waals surface area contributed by atoms with Crippen LogP contribution < -0.4 is 0 Å². The maximum absolute atomic E-state index is 10.9. The van der Waals surface area contributed by atoms with Gasteiger partial charge in [-0.05, 0) is 49.2 Å². The first-order valence-electron chi connectivity index (χ1n) is 5.98. The molecule has 0 bridgehead atoms. The summed E-state index contributed by atoms with van der Waals surface area (Å²) in [4.78, 5) is 0.559. The van der Waals surface area contributed by atoms with E-state index in [9.17, 15) is 8.42 Å². The lowest BCUT2D eigenvalue weighted by Crippen LogP contribution is -1.92. The maximum Gasteiger partial charge on any atom is 0.262 e. The highest BCUT2D eigenvalue weighted by Crippen LogP contribution is 2.30. The van der Waals surface area contributed by atoms with Crippen molar-refractivity contribution in [2.45, 2.75) is 23.6 Å². The van der Waals surface area contributed by atoms with Gasteiger partial charge in [-0.2, -0.15) is 0 Å². The molecule has 2 rings (SSSR count). The minimum Gasteiger partial charge on any atom is -0.207 e. The first-order valence-corrected chi connectivity index (χ1v) is 10.2. The molecule has 0 radical (unpaired) electrons. The van der Waals surface area contributed by atoms with E-state index in [1.165, 1.54) is 12.1 Å². The van der Waals surface area contributed by atoms with Gasteiger partial charge < -0.3 is 0 Å². The number of hydrogen-bond acceptors (Lipinski definition) is 3. The summed E-state index contributed by atoms with van der Waals surface area (Å²) in [5.41, 5.74) is 1.68. The highest BCUT2D eigenvalue weighted by atomic mass is 35.7. The van der Waals surface area contributed by atoms with Crippen LogP contribution in [0.15, 0.2) is 34.1 Å². The fourth-order valence-corrected chi connectivity index (χ4v) is 3.91. The van der Waals surface area contributed by atoms with Crippen LogP contribution >= 0.6 is 69.7 Å². The smallest absolute Gasteiger partial charge is 0.207 e. The van der Waals surface area contributed by atoms with Crippen molar-refractivity contribution in [3.63, 3.8) is 0 Å². The largest absolute Gasteiger partial charge is 0.262 e. The second-order valence-electron chi connectivity index (χ2n) is 4.52. The van der Waals surface area contributed by atoms with Gasteiger partial charge in [-0.3, -0.25) is 0 Å². The summed E-state index contributed by atoms with van der Waals surface area (Å²) >= 11 is 27.0. The van der Waals surface area contributed by atoms with Gasteiger partial charge >= 0.3 is 0 Å². The SMILES string of the molecule is Cc1cc(Cl)c(S(=O)(=O)Cl)cc1Cl.Cc1cc(Cl)c(S)cc1Cl. The van der Waals surface area contributed by atoms with Crippen molar-refractivity contribution in [3.05, 3.63) is 55.5 Å². The van der Waals surface area contributed by atoms with E-state index < -0.39 is 9.05 Å². The molecule has 0 N–H and O–H groups in total. The van der Waals surface area contributed by atoms with E-state index in [-0.39, 0.29) is 9.92 Å². The van der Waals surface area contributed by atoms with E-state index in [2.05, 4.69) is 12.6 Å². The van der Waals surface area contributed by atoms with Crippen LogP contribution in [0.25, 0.3) is 0 Å². The van der Waals surface area contributed by atoms with Gasteiger partial charge in [-0.25, -0.2) is 8.42 Å². The molecule has 2 aromatic rings. The topological polar surface area (TPSA) is 34.1 Å².